The number of aromatic nitrogens is 5. The molecule has 7 nitrogen and oxygen atoms in total. The van der Waals surface area contributed by atoms with Crippen LogP contribution in [-0.2, 0) is 6.54 Å². The van der Waals surface area contributed by atoms with Crippen LogP contribution in [0.5, 0.6) is 0 Å². The van der Waals surface area contributed by atoms with Crippen LogP contribution in [0.4, 0.5) is 5.82 Å². The first kappa shape index (κ1) is 9.97. The number of nitrogen functional groups attached to an aromatic ring is 1. The van der Waals surface area contributed by atoms with E-state index in [0.29, 0.717) is 24.1 Å². The molecule has 0 bridgehead atoms. The highest BCUT2D eigenvalue weighted by atomic mass is 32.1. The first-order chi connectivity index (χ1) is 8.31. The van der Waals surface area contributed by atoms with E-state index < -0.39 is 0 Å². The van der Waals surface area contributed by atoms with Crippen LogP contribution in [0.15, 0.2) is 28.2 Å². The van der Waals surface area contributed by atoms with Gasteiger partial charge in [0.1, 0.15) is 6.54 Å². The molecule has 0 radical (unpaired) electrons. The summed E-state index contributed by atoms with van der Waals surface area (Å²) < 4.78 is 6.70. The Labute approximate surface area is 99.9 Å². The second-order valence-corrected chi connectivity index (χ2v) is 4.28. The van der Waals surface area contributed by atoms with Gasteiger partial charge >= 0.3 is 0 Å². The molecular weight excluding hydrogens is 240 g/mol. The monoisotopic (exact) mass is 248 g/mol. The highest BCUT2D eigenvalue weighted by Crippen LogP contribution is 2.22. The molecule has 17 heavy (non-hydrogen) atoms. The van der Waals surface area contributed by atoms with Crippen molar-refractivity contribution in [3.63, 3.8) is 0 Å². The predicted octanol–water partition coefficient (Wildman–Crippen LogP) is 1.02. The Morgan fingerprint density at radius 3 is 3.12 bits per heavy atom. The van der Waals surface area contributed by atoms with Crippen LogP contribution in [0.3, 0.4) is 0 Å². The zero-order chi connectivity index (χ0) is 11.7. The van der Waals surface area contributed by atoms with Crippen LogP contribution in [0, 0.1) is 0 Å². The summed E-state index contributed by atoms with van der Waals surface area (Å²) in [6.07, 6.45) is 1.61. The number of hydrogen-bond donors (Lipinski definition) is 1. The van der Waals surface area contributed by atoms with E-state index in [0.717, 1.165) is 4.88 Å². The average molecular weight is 248 g/mol. The average Bonchev–Trinajstić information content (AvgIpc) is 3.00. The van der Waals surface area contributed by atoms with Crippen molar-refractivity contribution >= 4 is 17.2 Å². The van der Waals surface area contributed by atoms with E-state index in [1.807, 2.05) is 17.5 Å². The van der Waals surface area contributed by atoms with E-state index in [2.05, 4.69) is 20.5 Å². The lowest BCUT2D eigenvalue weighted by molar-refractivity contribution is 0.419. The molecule has 0 aliphatic rings. The van der Waals surface area contributed by atoms with E-state index in [1.165, 1.54) is 0 Å². The van der Waals surface area contributed by atoms with Gasteiger partial charge in [0.15, 0.2) is 11.6 Å². The quantitative estimate of drug-likeness (QED) is 0.743. The van der Waals surface area contributed by atoms with E-state index in [1.54, 1.807) is 22.2 Å². The summed E-state index contributed by atoms with van der Waals surface area (Å²) in [7, 11) is 0. The Hall–Kier alpha value is -2.22. The van der Waals surface area contributed by atoms with E-state index >= 15 is 0 Å². The molecule has 2 N–H and O–H groups in total. The number of anilines is 1. The summed E-state index contributed by atoms with van der Waals surface area (Å²) in [6.45, 7) is 0.388. The summed E-state index contributed by atoms with van der Waals surface area (Å²) in [5.74, 6) is 1.42. The number of rotatable bonds is 3. The van der Waals surface area contributed by atoms with Crippen LogP contribution in [0.25, 0.3) is 10.8 Å². The Bertz CT molecular complexity index is 613. The third-order valence-electron chi connectivity index (χ3n) is 2.06. The first-order valence-corrected chi connectivity index (χ1v) is 5.71. The Morgan fingerprint density at radius 2 is 2.41 bits per heavy atom. The Balaban J connectivity index is 1.81. The molecule has 3 aromatic rings. The summed E-state index contributed by atoms with van der Waals surface area (Å²) in [4.78, 5) is 5.21. The minimum atomic E-state index is 0.368. The van der Waals surface area contributed by atoms with Crippen molar-refractivity contribution in [3.05, 3.63) is 29.5 Å². The van der Waals surface area contributed by atoms with E-state index in [4.69, 9.17) is 10.3 Å². The smallest absolute Gasteiger partial charge is 0.268 e. The Kier molecular flexibility index (Phi) is 2.33. The van der Waals surface area contributed by atoms with Crippen molar-refractivity contribution < 1.29 is 4.52 Å². The van der Waals surface area contributed by atoms with Crippen LogP contribution in [0.1, 0.15) is 5.82 Å². The topological polar surface area (TPSA) is 95.7 Å². The van der Waals surface area contributed by atoms with Gasteiger partial charge in [-0.25, -0.2) is 4.68 Å². The summed E-state index contributed by atoms with van der Waals surface area (Å²) in [5, 5.41) is 13.3. The van der Waals surface area contributed by atoms with Gasteiger partial charge in [0, 0.05) is 0 Å². The molecule has 3 heterocycles. The lowest BCUT2D eigenvalue weighted by Gasteiger charge is -1.91. The fraction of sp³-hybridized carbons (Fsp3) is 0.111. The van der Waals surface area contributed by atoms with Gasteiger partial charge in [0.25, 0.3) is 5.89 Å². The summed E-state index contributed by atoms with van der Waals surface area (Å²) >= 11 is 1.55. The van der Waals surface area contributed by atoms with E-state index in [9.17, 15) is 0 Å². The molecular formula is C9H8N6OS. The van der Waals surface area contributed by atoms with Crippen molar-refractivity contribution in [3.8, 4) is 10.8 Å². The fourth-order valence-electron chi connectivity index (χ4n) is 1.35. The molecule has 3 rings (SSSR count). The maximum Gasteiger partial charge on any atom is 0.268 e. The van der Waals surface area contributed by atoms with Crippen molar-refractivity contribution in [2.75, 3.05) is 5.73 Å². The number of nitrogens with zero attached hydrogens (tertiary/aromatic N) is 5. The fourth-order valence-corrected chi connectivity index (χ4v) is 2.00. The van der Waals surface area contributed by atoms with Gasteiger partial charge in [0.2, 0.25) is 0 Å². The third kappa shape index (κ3) is 2.02. The maximum atomic E-state index is 5.46. The second kappa shape index (κ2) is 3.98. The largest absolute Gasteiger partial charge is 0.381 e. The van der Waals surface area contributed by atoms with E-state index in [-0.39, 0.29) is 0 Å². The highest BCUT2D eigenvalue weighted by molar-refractivity contribution is 7.13. The molecule has 0 unspecified atom stereocenters. The number of nitrogens with two attached hydrogens (primary N) is 1. The number of hydrogen-bond acceptors (Lipinski definition) is 7. The number of thiophene rings is 1. The standard InChI is InChI=1S/C9H8N6OS/c10-7-4-15(14-12-7)5-8-11-9(16-13-8)6-2-1-3-17-6/h1-4H,5,10H2. The molecule has 0 aliphatic carbocycles. The van der Waals surface area contributed by atoms with Crippen LogP contribution >= 0.6 is 11.3 Å². The molecule has 0 atom stereocenters. The molecule has 0 amide bonds. The van der Waals surface area contributed by atoms with Gasteiger partial charge in [0.05, 0.1) is 11.1 Å². The molecule has 0 saturated heterocycles. The van der Waals surface area contributed by atoms with Gasteiger partial charge in [-0.2, -0.15) is 4.98 Å². The van der Waals surface area contributed by atoms with Gasteiger partial charge < -0.3 is 10.3 Å². The molecule has 3 aromatic heterocycles. The van der Waals surface area contributed by atoms with Gasteiger partial charge in [-0.1, -0.05) is 16.4 Å². The zero-order valence-electron chi connectivity index (χ0n) is 8.65. The normalized spacial score (nSPS) is 10.8. The highest BCUT2D eigenvalue weighted by Gasteiger charge is 2.10. The van der Waals surface area contributed by atoms with Gasteiger partial charge in [-0.15, -0.1) is 16.4 Å². The van der Waals surface area contributed by atoms with Crippen molar-refractivity contribution in [1.29, 1.82) is 0 Å². The molecule has 8 heteroatoms. The van der Waals surface area contributed by atoms with Crippen molar-refractivity contribution in [2.45, 2.75) is 6.54 Å². The summed E-state index contributed by atoms with van der Waals surface area (Å²) in [6, 6.07) is 3.86. The Morgan fingerprint density at radius 1 is 1.47 bits per heavy atom. The first-order valence-electron chi connectivity index (χ1n) is 4.83. The maximum absolute atomic E-state index is 5.46. The molecule has 0 aliphatic heterocycles. The lowest BCUT2D eigenvalue weighted by Crippen LogP contribution is -2.02. The molecule has 0 aromatic carbocycles. The third-order valence-corrected chi connectivity index (χ3v) is 2.92. The predicted molar refractivity (Wildman–Crippen MR) is 61.1 cm³/mol. The van der Waals surface area contributed by atoms with Crippen LogP contribution in [0.2, 0.25) is 0 Å². The molecule has 0 saturated carbocycles. The minimum Gasteiger partial charge on any atom is -0.381 e. The van der Waals surface area contributed by atoms with Crippen LogP contribution < -0.4 is 5.73 Å². The minimum absolute atomic E-state index is 0.368. The van der Waals surface area contributed by atoms with Crippen molar-refractivity contribution in [1.82, 2.24) is 25.1 Å². The van der Waals surface area contributed by atoms with Gasteiger partial charge in [-0.05, 0) is 11.4 Å². The van der Waals surface area contributed by atoms with Gasteiger partial charge in [-0.3, -0.25) is 0 Å². The zero-order valence-corrected chi connectivity index (χ0v) is 9.46. The summed E-state index contributed by atoms with van der Waals surface area (Å²) in [5.41, 5.74) is 5.46. The van der Waals surface area contributed by atoms with Crippen LogP contribution in [-0.4, -0.2) is 25.1 Å². The lowest BCUT2D eigenvalue weighted by atomic mass is 10.5. The SMILES string of the molecule is Nc1cn(Cc2noc(-c3cccs3)n2)nn1. The van der Waals surface area contributed by atoms with Crippen molar-refractivity contribution in [2.24, 2.45) is 0 Å². The molecule has 0 spiro atoms. The molecule has 86 valence electrons. The second-order valence-electron chi connectivity index (χ2n) is 3.33. The molecule has 0 fully saturated rings.